The molecule has 1 aliphatic rings. The number of aryl methyl sites for hydroxylation is 1. The number of likely N-dealkylation sites (tertiary alicyclic amines) is 1. The van der Waals surface area contributed by atoms with Gasteiger partial charge in [-0.15, -0.1) is 0 Å². The largest absolute Gasteiger partial charge is 0.346 e. The summed E-state index contributed by atoms with van der Waals surface area (Å²) in [6, 6.07) is 12.3. The molecule has 0 saturated carbocycles. The molecule has 1 aromatic heterocycles. The molecule has 4 nitrogen and oxygen atoms in total. The Kier molecular flexibility index (Phi) is 4.84. The lowest BCUT2D eigenvalue weighted by molar-refractivity contribution is 0.0603. The topological polar surface area (TPSA) is 42.3 Å². The van der Waals surface area contributed by atoms with Crippen LogP contribution in [0.25, 0.3) is 0 Å². The number of carbonyl (C=O) groups excluding carboxylic acids is 2. The van der Waals surface area contributed by atoms with E-state index in [-0.39, 0.29) is 17.7 Å². The third-order valence-corrected chi connectivity index (χ3v) is 4.83. The number of nitrogens with zero attached hydrogens (tertiary/aromatic N) is 2. The van der Waals surface area contributed by atoms with E-state index in [0.717, 1.165) is 32.2 Å². The Balaban J connectivity index is 1.82. The van der Waals surface area contributed by atoms with Gasteiger partial charge in [0.15, 0.2) is 5.78 Å². The first kappa shape index (κ1) is 16.5. The molecular weight excluding hydrogens is 300 g/mol. The number of Topliss-reactive ketones (excluding diaryl/α,β-unsaturated/α-hetero) is 1. The Morgan fingerprint density at radius 1 is 1.17 bits per heavy atom. The maximum atomic E-state index is 13.1. The predicted octanol–water partition coefficient (Wildman–Crippen LogP) is 3.47. The van der Waals surface area contributed by atoms with Gasteiger partial charge in [0.1, 0.15) is 5.69 Å². The minimum absolute atomic E-state index is 0.0101. The number of aromatic nitrogens is 1. The zero-order valence-electron chi connectivity index (χ0n) is 14.4. The monoisotopic (exact) mass is 324 g/mol. The summed E-state index contributed by atoms with van der Waals surface area (Å²) in [4.78, 5) is 26.6. The first-order valence-electron chi connectivity index (χ1n) is 8.58. The summed E-state index contributed by atoms with van der Waals surface area (Å²) in [6.45, 7) is 2.32. The van der Waals surface area contributed by atoms with Crippen molar-refractivity contribution < 1.29 is 9.59 Å². The van der Waals surface area contributed by atoms with Crippen LogP contribution < -0.4 is 0 Å². The van der Waals surface area contributed by atoms with Crippen molar-refractivity contribution in [2.24, 2.45) is 7.05 Å². The van der Waals surface area contributed by atoms with Crippen LogP contribution in [0, 0.1) is 0 Å². The fraction of sp³-hybridized carbons (Fsp3) is 0.400. The number of rotatable bonds is 4. The summed E-state index contributed by atoms with van der Waals surface area (Å²) in [5.74, 6) is 0.0229. The summed E-state index contributed by atoms with van der Waals surface area (Å²) >= 11 is 0. The van der Waals surface area contributed by atoms with Gasteiger partial charge in [-0.1, -0.05) is 30.3 Å². The number of ketones is 1. The Morgan fingerprint density at radius 2 is 1.92 bits per heavy atom. The van der Waals surface area contributed by atoms with E-state index < -0.39 is 0 Å². The van der Waals surface area contributed by atoms with Crippen molar-refractivity contribution in [2.75, 3.05) is 6.54 Å². The lowest BCUT2D eigenvalue weighted by atomic mass is 9.95. The van der Waals surface area contributed by atoms with E-state index in [0.29, 0.717) is 11.3 Å². The van der Waals surface area contributed by atoms with Crippen LogP contribution in [-0.2, 0) is 13.5 Å². The van der Waals surface area contributed by atoms with Crippen LogP contribution in [0.3, 0.4) is 0 Å². The van der Waals surface area contributed by atoms with Crippen LogP contribution in [0.4, 0.5) is 0 Å². The molecule has 0 bridgehead atoms. The zero-order chi connectivity index (χ0) is 17.1. The fourth-order valence-corrected chi connectivity index (χ4v) is 3.48. The molecule has 0 spiro atoms. The average molecular weight is 324 g/mol. The first-order chi connectivity index (χ1) is 11.6. The summed E-state index contributed by atoms with van der Waals surface area (Å²) in [5, 5.41) is 0. The number of hydrogen-bond acceptors (Lipinski definition) is 2. The van der Waals surface area contributed by atoms with Gasteiger partial charge in [0.05, 0.1) is 0 Å². The van der Waals surface area contributed by atoms with Crippen molar-refractivity contribution in [1.29, 1.82) is 0 Å². The Labute approximate surface area is 143 Å². The first-order valence-corrected chi connectivity index (χ1v) is 8.58. The summed E-state index contributed by atoms with van der Waals surface area (Å²) in [5.41, 5.74) is 2.45. The van der Waals surface area contributed by atoms with Gasteiger partial charge in [-0.05, 0) is 44.2 Å². The minimum atomic E-state index is -0.0101. The molecule has 2 aromatic rings. The van der Waals surface area contributed by atoms with Gasteiger partial charge < -0.3 is 9.47 Å². The van der Waals surface area contributed by atoms with Gasteiger partial charge in [0, 0.05) is 31.4 Å². The molecule has 2 heterocycles. The van der Waals surface area contributed by atoms with Gasteiger partial charge in [0.2, 0.25) is 0 Å². The minimum Gasteiger partial charge on any atom is -0.346 e. The summed E-state index contributed by atoms with van der Waals surface area (Å²) < 4.78 is 1.77. The highest BCUT2D eigenvalue weighted by Crippen LogP contribution is 2.23. The molecular formula is C20H24N2O2. The molecule has 1 aliphatic heterocycles. The molecule has 0 N–H and O–H groups in total. The molecule has 1 fully saturated rings. The van der Waals surface area contributed by atoms with Crippen molar-refractivity contribution in [3.8, 4) is 0 Å². The Hall–Kier alpha value is -2.36. The maximum absolute atomic E-state index is 13.1. The Morgan fingerprint density at radius 3 is 2.58 bits per heavy atom. The van der Waals surface area contributed by atoms with Crippen molar-refractivity contribution >= 4 is 11.7 Å². The molecule has 0 unspecified atom stereocenters. The van der Waals surface area contributed by atoms with Crippen LogP contribution in [0.1, 0.15) is 52.6 Å². The van der Waals surface area contributed by atoms with E-state index in [1.807, 2.05) is 30.1 Å². The highest BCUT2D eigenvalue weighted by molar-refractivity contribution is 5.99. The third kappa shape index (κ3) is 3.42. The van der Waals surface area contributed by atoms with E-state index >= 15 is 0 Å². The lowest BCUT2D eigenvalue weighted by Crippen LogP contribution is -2.45. The molecule has 24 heavy (non-hydrogen) atoms. The maximum Gasteiger partial charge on any atom is 0.270 e. The normalized spacial score (nSPS) is 17.8. The van der Waals surface area contributed by atoms with Crippen molar-refractivity contribution in [1.82, 2.24) is 9.47 Å². The van der Waals surface area contributed by atoms with E-state index in [2.05, 4.69) is 12.1 Å². The smallest absolute Gasteiger partial charge is 0.270 e. The van der Waals surface area contributed by atoms with E-state index in [1.165, 1.54) is 12.5 Å². The van der Waals surface area contributed by atoms with Crippen LogP contribution in [0.5, 0.6) is 0 Å². The second-order valence-corrected chi connectivity index (χ2v) is 6.62. The van der Waals surface area contributed by atoms with Crippen LogP contribution >= 0.6 is 0 Å². The molecule has 1 atom stereocenters. The van der Waals surface area contributed by atoms with E-state index in [9.17, 15) is 9.59 Å². The van der Waals surface area contributed by atoms with Gasteiger partial charge in [-0.3, -0.25) is 9.59 Å². The van der Waals surface area contributed by atoms with E-state index in [1.54, 1.807) is 16.8 Å². The van der Waals surface area contributed by atoms with Crippen LogP contribution in [0.15, 0.2) is 42.6 Å². The van der Waals surface area contributed by atoms with Crippen LogP contribution in [0.2, 0.25) is 0 Å². The molecule has 126 valence electrons. The fourth-order valence-electron chi connectivity index (χ4n) is 3.48. The molecule has 1 saturated heterocycles. The lowest BCUT2D eigenvalue weighted by Gasteiger charge is -2.36. The number of benzene rings is 1. The highest BCUT2D eigenvalue weighted by atomic mass is 16.2. The van der Waals surface area contributed by atoms with Gasteiger partial charge >= 0.3 is 0 Å². The zero-order valence-corrected chi connectivity index (χ0v) is 14.4. The molecule has 1 amide bonds. The summed E-state index contributed by atoms with van der Waals surface area (Å²) in [6.07, 6.45) is 5.86. The number of amides is 1. The standard InChI is InChI=1S/C20H24N2O2/c1-15(23)17-13-19(21(2)14-17)20(24)22-11-7-6-10-18(22)12-16-8-4-3-5-9-16/h3-5,8-9,13-14,18H,6-7,10-12H2,1-2H3/t18-/m1/s1. The predicted molar refractivity (Wildman–Crippen MR) is 94.2 cm³/mol. The van der Waals surface area contributed by atoms with Gasteiger partial charge in [-0.2, -0.15) is 0 Å². The highest BCUT2D eigenvalue weighted by Gasteiger charge is 2.29. The van der Waals surface area contributed by atoms with Crippen molar-refractivity contribution in [2.45, 2.75) is 38.6 Å². The molecule has 0 radical (unpaired) electrons. The second kappa shape index (κ2) is 7.04. The van der Waals surface area contributed by atoms with Crippen LogP contribution in [-0.4, -0.2) is 33.7 Å². The van der Waals surface area contributed by atoms with Crippen molar-refractivity contribution in [3.63, 3.8) is 0 Å². The third-order valence-electron chi connectivity index (χ3n) is 4.83. The second-order valence-electron chi connectivity index (χ2n) is 6.62. The number of carbonyl (C=O) groups is 2. The quantitative estimate of drug-likeness (QED) is 0.808. The van der Waals surface area contributed by atoms with Crippen molar-refractivity contribution in [3.05, 3.63) is 59.4 Å². The molecule has 4 heteroatoms. The Bertz CT molecular complexity index is 733. The SMILES string of the molecule is CC(=O)c1cc(C(=O)N2CCCC[C@@H]2Cc2ccccc2)n(C)c1. The van der Waals surface area contributed by atoms with Gasteiger partial charge in [0.25, 0.3) is 5.91 Å². The van der Waals surface area contributed by atoms with E-state index in [4.69, 9.17) is 0 Å². The average Bonchev–Trinajstić information content (AvgIpc) is 2.98. The molecule has 0 aliphatic carbocycles. The number of hydrogen-bond donors (Lipinski definition) is 0. The number of piperidine rings is 1. The molecule has 3 rings (SSSR count). The molecule has 1 aromatic carbocycles. The summed E-state index contributed by atoms with van der Waals surface area (Å²) in [7, 11) is 1.83. The van der Waals surface area contributed by atoms with Gasteiger partial charge in [-0.25, -0.2) is 0 Å².